The van der Waals surface area contributed by atoms with E-state index in [-0.39, 0.29) is 31.9 Å². The zero-order chi connectivity index (χ0) is 27.3. The third-order valence-electron chi connectivity index (χ3n) is 8.81. The summed E-state index contributed by atoms with van der Waals surface area (Å²) in [5.74, 6) is 3.43. The first-order valence-electron chi connectivity index (χ1n) is 14.4. The molecule has 0 amide bonds. The van der Waals surface area contributed by atoms with Crippen molar-refractivity contribution in [3.63, 3.8) is 0 Å². The summed E-state index contributed by atoms with van der Waals surface area (Å²) in [5, 5.41) is 2.96. The molecule has 0 saturated heterocycles. The third kappa shape index (κ3) is 8.97. The minimum absolute atomic E-state index is 0. The summed E-state index contributed by atoms with van der Waals surface area (Å²) >= 11 is 0. The van der Waals surface area contributed by atoms with Gasteiger partial charge in [0.2, 0.25) is 0 Å². The monoisotopic (exact) mass is 611 g/mol. The van der Waals surface area contributed by atoms with Crippen molar-refractivity contribution in [2.75, 3.05) is 28.3 Å². The van der Waals surface area contributed by atoms with Crippen LogP contribution in [0.25, 0.3) is 0 Å². The number of rotatable bonds is 7. The van der Waals surface area contributed by atoms with Crippen LogP contribution in [0.15, 0.2) is 24.3 Å². The fraction of sp³-hybridized carbons (Fsp3) is 0.600. The molecule has 0 N–H and O–H groups in total. The summed E-state index contributed by atoms with van der Waals surface area (Å²) in [6.07, 6.45) is 10.1. The fourth-order valence-electron chi connectivity index (χ4n) is 6.73. The first-order chi connectivity index (χ1) is 17.6. The molecule has 0 spiro atoms. The van der Waals surface area contributed by atoms with E-state index < -0.39 is 7.92 Å². The molecule has 0 aliphatic heterocycles. The molecule has 2 aliphatic carbocycles. The second kappa shape index (κ2) is 17.8. The molecule has 0 aromatic heterocycles. The molecule has 40 heavy (non-hydrogen) atoms. The van der Waals surface area contributed by atoms with Crippen molar-refractivity contribution in [1.82, 2.24) is 4.90 Å². The number of hydrogen-bond donors (Lipinski definition) is 0. The Morgan fingerprint density at radius 2 is 1.07 bits per heavy atom. The van der Waals surface area contributed by atoms with Crippen LogP contribution in [-0.4, -0.2) is 44.9 Å². The van der Waals surface area contributed by atoms with Gasteiger partial charge in [-0.25, -0.2) is 0 Å². The van der Waals surface area contributed by atoms with Gasteiger partial charge >= 0.3 is 17.1 Å². The second-order valence-corrected chi connectivity index (χ2v) is 14.1. The number of benzene rings is 2. The van der Waals surface area contributed by atoms with Crippen LogP contribution in [-0.2, 0) is 17.1 Å². The van der Waals surface area contributed by atoms with Gasteiger partial charge in [-0.2, -0.15) is 0 Å². The number of ether oxygens (including phenoxy) is 2. The molecule has 0 radical (unpaired) electrons. The Labute approximate surface area is 260 Å². The van der Waals surface area contributed by atoms with Crippen LogP contribution in [0.2, 0.25) is 0 Å². The van der Waals surface area contributed by atoms with Gasteiger partial charge in [-0.15, -0.1) is 0 Å². The van der Waals surface area contributed by atoms with E-state index in [1.165, 1.54) is 77.8 Å². The van der Waals surface area contributed by atoms with Gasteiger partial charge in [0.25, 0.3) is 0 Å². The number of methoxy groups -OCH3 is 2. The van der Waals surface area contributed by atoms with Crippen LogP contribution in [0.5, 0.6) is 11.5 Å². The maximum atomic E-state index is 5.71. The van der Waals surface area contributed by atoms with Crippen molar-refractivity contribution < 1.29 is 26.5 Å². The van der Waals surface area contributed by atoms with Gasteiger partial charge in [-0.3, -0.25) is 0 Å². The maximum absolute atomic E-state index is 5.71. The molecular weight excluding hydrogens is 553 g/mol. The molecule has 3 nitrogen and oxygen atoms in total. The van der Waals surface area contributed by atoms with Crippen LogP contribution < -0.4 is 20.1 Å². The molecule has 5 heteroatoms. The summed E-state index contributed by atoms with van der Waals surface area (Å²) in [5.41, 5.74) is 5.60. The van der Waals surface area contributed by atoms with Crippen LogP contribution in [0.1, 0.15) is 81.0 Å². The average Bonchev–Trinajstić information content (AvgIpc) is 3.53. The first kappa shape index (κ1) is 38.9. The van der Waals surface area contributed by atoms with Gasteiger partial charge in [-0.05, 0) is 144 Å². The predicted octanol–water partition coefficient (Wildman–Crippen LogP) is 8.58. The van der Waals surface area contributed by atoms with Gasteiger partial charge < -0.3 is 29.2 Å². The molecule has 228 valence electrons. The van der Waals surface area contributed by atoms with Gasteiger partial charge in [0.15, 0.2) is 0 Å². The molecular formula is C35H58FeNO2P. The standard InChI is InChI=1S/C28H42NO2P.C5H10.2CH3.Fe/c1-17-11-12-25(22(6)29(7)8)28(17)32(23-13-18(2)26(30-9)19(3)14-23)24-15-20(4)27(31-10)21(5)16-24;1-2-4-5-3-1;;;/h13-17,22,25,28H,11-12H2,1-10H3;1-5H2;2*1H3;/q;;2*-1;+2/t17?,22-,25?,28?;;;;/m1..../s1. The first-order valence-corrected chi connectivity index (χ1v) is 15.8. The summed E-state index contributed by atoms with van der Waals surface area (Å²) in [4.78, 5) is 2.41. The van der Waals surface area contributed by atoms with E-state index in [2.05, 4.69) is 84.8 Å². The fourth-order valence-corrected chi connectivity index (χ4v) is 10.5. The Morgan fingerprint density at radius 1 is 0.725 bits per heavy atom. The predicted molar refractivity (Wildman–Crippen MR) is 176 cm³/mol. The van der Waals surface area contributed by atoms with Crippen molar-refractivity contribution >= 4 is 18.5 Å². The minimum atomic E-state index is -0.525. The van der Waals surface area contributed by atoms with Gasteiger partial charge in [0, 0.05) is 6.04 Å². The Balaban J connectivity index is 0.00000171. The van der Waals surface area contributed by atoms with Crippen LogP contribution in [0.4, 0.5) is 0 Å². The minimum Gasteiger partial charge on any atom is -0.496 e. The Bertz CT molecular complexity index is 923. The maximum Gasteiger partial charge on any atom is 2.00 e. The average molecular weight is 612 g/mol. The molecule has 2 saturated carbocycles. The number of aryl methyl sites for hydroxylation is 4. The zero-order valence-electron chi connectivity index (χ0n) is 27.6. The molecule has 2 fully saturated rings. The topological polar surface area (TPSA) is 21.7 Å². The van der Waals surface area contributed by atoms with Gasteiger partial charge in [0.1, 0.15) is 11.5 Å². The quantitative estimate of drug-likeness (QED) is 0.178. The molecule has 0 heterocycles. The molecule has 2 aromatic rings. The van der Waals surface area contributed by atoms with E-state index >= 15 is 0 Å². The van der Waals surface area contributed by atoms with E-state index in [4.69, 9.17) is 9.47 Å². The van der Waals surface area contributed by atoms with Crippen molar-refractivity contribution in [3.8, 4) is 11.5 Å². The number of nitrogens with zero attached hydrogens (tertiary/aromatic N) is 1. The van der Waals surface area contributed by atoms with Crippen LogP contribution in [0.3, 0.4) is 0 Å². The van der Waals surface area contributed by atoms with Crippen LogP contribution >= 0.6 is 7.92 Å². The zero-order valence-corrected chi connectivity index (χ0v) is 29.6. The smallest absolute Gasteiger partial charge is 0.496 e. The molecule has 3 unspecified atom stereocenters. The summed E-state index contributed by atoms with van der Waals surface area (Å²) < 4.78 is 11.4. The van der Waals surface area contributed by atoms with Crippen molar-refractivity contribution in [3.05, 3.63) is 61.4 Å². The Hall–Kier alpha value is -1.05. The SMILES string of the molecule is C1CCCC1.COc1c(C)cc(P(c2cc(C)c(OC)c(C)c2)C2C(C)CCC2[C@@H](C)N(C)C)cc1C.[CH3-].[CH3-].[Fe+2]. The summed E-state index contributed by atoms with van der Waals surface area (Å²) in [6, 6.07) is 10.2. The summed E-state index contributed by atoms with van der Waals surface area (Å²) in [7, 11) is 7.50. The van der Waals surface area contributed by atoms with E-state index in [1.807, 2.05) is 0 Å². The van der Waals surface area contributed by atoms with E-state index in [0.717, 1.165) is 11.5 Å². The van der Waals surface area contributed by atoms with Gasteiger partial charge in [-0.1, -0.05) is 39.0 Å². The van der Waals surface area contributed by atoms with Crippen molar-refractivity contribution in [2.45, 2.75) is 98.2 Å². The second-order valence-electron chi connectivity index (χ2n) is 11.8. The Morgan fingerprint density at radius 3 is 1.38 bits per heavy atom. The van der Waals surface area contributed by atoms with E-state index in [1.54, 1.807) is 14.2 Å². The van der Waals surface area contributed by atoms with Crippen molar-refractivity contribution in [2.24, 2.45) is 11.8 Å². The third-order valence-corrected chi connectivity index (χ3v) is 11.9. The number of hydrogen-bond acceptors (Lipinski definition) is 3. The molecule has 0 bridgehead atoms. The molecule has 4 rings (SSSR count). The Kier molecular flexibility index (Phi) is 17.3. The largest absolute Gasteiger partial charge is 2.00 e. The summed E-state index contributed by atoms with van der Waals surface area (Å²) in [6.45, 7) is 13.6. The molecule has 2 aromatic carbocycles. The van der Waals surface area contributed by atoms with E-state index in [9.17, 15) is 0 Å². The molecule has 4 atom stereocenters. The van der Waals surface area contributed by atoms with Crippen molar-refractivity contribution in [1.29, 1.82) is 0 Å². The van der Waals surface area contributed by atoms with E-state index in [0.29, 0.717) is 23.5 Å². The van der Waals surface area contributed by atoms with Gasteiger partial charge in [0.05, 0.1) is 14.2 Å². The van der Waals surface area contributed by atoms with Crippen LogP contribution in [0, 0.1) is 54.4 Å². The molecule has 2 aliphatic rings. The normalized spacial score (nSPS) is 20.6.